The molecule has 2 N–H and O–H groups in total. The Morgan fingerprint density at radius 1 is 1.14 bits per heavy atom. The van der Waals surface area contributed by atoms with Crippen LogP contribution in [0.15, 0.2) is 60.8 Å². The van der Waals surface area contributed by atoms with Crippen LogP contribution >= 0.6 is 0 Å². The van der Waals surface area contributed by atoms with Crippen LogP contribution in [-0.4, -0.2) is 29.1 Å². The van der Waals surface area contributed by atoms with Gasteiger partial charge in [0, 0.05) is 19.3 Å². The van der Waals surface area contributed by atoms with Crippen molar-refractivity contribution in [2.24, 2.45) is 0 Å². The molecule has 0 radical (unpaired) electrons. The van der Waals surface area contributed by atoms with Gasteiger partial charge in [-0.3, -0.25) is 4.90 Å². The van der Waals surface area contributed by atoms with Gasteiger partial charge in [-0.2, -0.15) is 5.26 Å². The van der Waals surface area contributed by atoms with Gasteiger partial charge < -0.3 is 15.0 Å². The Hall–Kier alpha value is -3.56. The van der Waals surface area contributed by atoms with Gasteiger partial charge in [-0.05, 0) is 23.7 Å². The van der Waals surface area contributed by atoms with Crippen LogP contribution in [0.2, 0.25) is 0 Å². The molecule has 0 fully saturated rings. The molecule has 3 rings (SSSR count). The number of rotatable bonds is 7. The average Bonchev–Trinajstić information content (AvgIpc) is 3.09. The van der Waals surface area contributed by atoms with Crippen LogP contribution in [0.5, 0.6) is 0 Å². The van der Waals surface area contributed by atoms with Gasteiger partial charge in [0.15, 0.2) is 5.69 Å². The number of nitrogens with zero attached hydrogens (tertiary/aromatic N) is 3. The zero-order chi connectivity index (χ0) is 20.8. The van der Waals surface area contributed by atoms with E-state index >= 15 is 0 Å². The number of carbonyl (C=O) groups excluding carboxylic acids is 1. The molecule has 0 unspecified atom stereocenters. The van der Waals surface area contributed by atoms with Crippen molar-refractivity contribution in [1.82, 2.24) is 9.47 Å². The van der Waals surface area contributed by atoms with Gasteiger partial charge in [-0.25, -0.2) is 4.79 Å². The van der Waals surface area contributed by atoms with Crippen LogP contribution in [-0.2, 0) is 17.8 Å². The lowest BCUT2D eigenvalue weighted by Gasteiger charge is -2.23. The molecule has 0 aliphatic rings. The molecule has 148 valence electrons. The molecule has 0 atom stereocenters. The Kier molecular flexibility index (Phi) is 6.32. The van der Waals surface area contributed by atoms with Gasteiger partial charge >= 0.3 is 5.97 Å². The number of anilines is 1. The number of nitriles is 1. The van der Waals surface area contributed by atoms with E-state index in [1.54, 1.807) is 10.8 Å². The summed E-state index contributed by atoms with van der Waals surface area (Å²) in [6.45, 7) is 4.48. The Bertz CT molecular complexity index is 1030. The van der Waals surface area contributed by atoms with Gasteiger partial charge in [0.1, 0.15) is 6.07 Å². The molecule has 0 saturated heterocycles. The third-order valence-corrected chi connectivity index (χ3v) is 4.88. The van der Waals surface area contributed by atoms with Crippen molar-refractivity contribution in [1.29, 1.82) is 5.26 Å². The molecule has 0 aliphatic carbocycles. The second-order valence-corrected chi connectivity index (χ2v) is 6.70. The summed E-state index contributed by atoms with van der Waals surface area (Å²) in [7, 11) is 1.30. The first-order valence-corrected chi connectivity index (χ1v) is 9.42. The Morgan fingerprint density at radius 2 is 1.83 bits per heavy atom. The first kappa shape index (κ1) is 20.2. The van der Waals surface area contributed by atoms with E-state index in [1.807, 2.05) is 48.5 Å². The van der Waals surface area contributed by atoms with Crippen LogP contribution in [0.1, 0.15) is 34.1 Å². The van der Waals surface area contributed by atoms with E-state index < -0.39 is 5.97 Å². The monoisotopic (exact) mass is 388 g/mol. The minimum absolute atomic E-state index is 0.130. The number of esters is 1. The number of hydrogen-bond donors (Lipinski definition) is 1. The summed E-state index contributed by atoms with van der Waals surface area (Å²) in [6.07, 6.45) is 1.59. The topological polar surface area (TPSA) is 84.3 Å². The third kappa shape index (κ3) is 4.31. The number of ether oxygens (including phenoxy) is 1. The number of aromatic nitrogens is 1. The maximum absolute atomic E-state index is 12.3. The van der Waals surface area contributed by atoms with Crippen molar-refractivity contribution in [3.05, 3.63) is 83.2 Å². The minimum Gasteiger partial charge on any atom is -0.464 e. The van der Waals surface area contributed by atoms with Crippen molar-refractivity contribution in [2.75, 3.05) is 19.4 Å². The summed E-state index contributed by atoms with van der Waals surface area (Å²) >= 11 is 0. The van der Waals surface area contributed by atoms with E-state index in [9.17, 15) is 10.1 Å². The lowest BCUT2D eigenvalue weighted by molar-refractivity contribution is 0.0593. The summed E-state index contributed by atoms with van der Waals surface area (Å²) in [4.78, 5) is 14.7. The highest BCUT2D eigenvalue weighted by atomic mass is 16.5. The van der Waals surface area contributed by atoms with Crippen molar-refractivity contribution in [2.45, 2.75) is 20.0 Å². The quantitative estimate of drug-likeness (QED) is 0.623. The molecule has 2 aromatic carbocycles. The first-order valence-electron chi connectivity index (χ1n) is 9.42. The highest BCUT2D eigenvalue weighted by Gasteiger charge is 2.23. The molecule has 0 amide bonds. The van der Waals surface area contributed by atoms with Crippen molar-refractivity contribution in [3.63, 3.8) is 0 Å². The molecule has 0 spiro atoms. The SMILES string of the molecule is CCN(Cc1ccccc1)Cc1ccccc1-n1cc(C#N)c(N)c1C(=O)OC. The summed E-state index contributed by atoms with van der Waals surface area (Å²) in [5, 5.41) is 9.37. The van der Waals surface area contributed by atoms with E-state index in [4.69, 9.17) is 10.5 Å². The molecule has 0 bridgehead atoms. The standard InChI is InChI=1S/C23H24N4O2/c1-3-26(14-17-9-5-4-6-10-17)15-18-11-7-8-12-20(18)27-16-19(13-24)21(25)22(27)23(28)29-2/h4-12,16H,3,14-15,25H2,1-2H3. The number of nitrogen functional groups attached to an aromatic ring is 1. The normalized spacial score (nSPS) is 10.7. The van der Waals surface area contributed by atoms with Crippen LogP contribution in [0, 0.1) is 11.3 Å². The summed E-state index contributed by atoms with van der Waals surface area (Å²) in [6, 6.07) is 20.1. The maximum atomic E-state index is 12.3. The van der Waals surface area contributed by atoms with Crippen LogP contribution < -0.4 is 5.73 Å². The molecule has 0 aliphatic heterocycles. The van der Waals surface area contributed by atoms with Gasteiger partial charge in [0.25, 0.3) is 0 Å². The van der Waals surface area contributed by atoms with Crippen LogP contribution in [0.4, 0.5) is 5.69 Å². The van der Waals surface area contributed by atoms with E-state index in [0.717, 1.165) is 24.3 Å². The minimum atomic E-state index is -0.574. The summed E-state index contributed by atoms with van der Waals surface area (Å²) in [5.74, 6) is -0.574. The van der Waals surface area contributed by atoms with Crippen molar-refractivity contribution in [3.8, 4) is 11.8 Å². The van der Waals surface area contributed by atoms with Crippen molar-refractivity contribution >= 4 is 11.7 Å². The molecule has 1 aromatic heterocycles. The number of carbonyl (C=O) groups is 1. The van der Waals surface area contributed by atoms with Gasteiger partial charge in [0.05, 0.1) is 24.0 Å². The van der Waals surface area contributed by atoms with E-state index in [-0.39, 0.29) is 16.9 Å². The second-order valence-electron chi connectivity index (χ2n) is 6.70. The zero-order valence-corrected chi connectivity index (χ0v) is 16.6. The number of hydrogen-bond acceptors (Lipinski definition) is 5. The zero-order valence-electron chi connectivity index (χ0n) is 16.6. The molecule has 6 heteroatoms. The van der Waals surface area contributed by atoms with Gasteiger partial charge in [-0.1, -0.05) is 55.5 Å². The molecule has 1 heterocycles. The Morgan fingerprint density at radius 3 is 2.48 bits per heavy atom. The average molecular weight is 388 g/mol. The van der Waals surface area contributed by atoms with Gasteiger partial charge in [-0.15, -0.1) is 0 Å². The second kappa shape index (κ2) is 9.09. The molecule has 0 saturated carbocycles. The lowest BCUT2D eigenvalue weighted by Crippen LogP contribution is -2.23. The number of para-hydroxylation sites is 1. The smallest absolute Gasteiger partial charge is 0.357 e. The largest absolute Gasteiger partial charge is 0.464 e. The fourth-order valence-electron chi connectivity index (χ4n) is 3.35. The molecule has 6 nitrogen and oxygen atoms in total. The van der Waals surface area contributed by atoms with E-state index in [0.29, 0.717) is 6.54 Å². The highest BCUT2D eigenvalue weighted by molar-refractivity contribution is 5.96. The first-order chi connectivity index (χ1) is 14.1. The molecule has 3 aromatic rings. The highest BCUT2D eigenvalue weighted by Crippen LogP contribution is 2.27. The molecular weight excluding hydrogens is 364 g/mol. The van der Waals surface area contributed by atoms with Crippen LogP contribution in [0.3, 0.4) is 0 Å². The predicted molar refractivity (Wildman–Crippen MR) is 112 cm³/mol. The number of benzene rings is 2. The molecular formula is C23H24N4O2. The van der Waals surface area contributed by atoms with E-state index in [1.165, 1.54) is 12.7 Å². The van der Waals surface area contributed by atoms with Gasteiger partial charge in [0.2, 0.25) is 0 Å². The fraction of sp³-hybridized carbons (Fsp3) is 0.217. The number of methoxy groups -OCH3 is 1. The number of nitrogens with two attached hydrogens (primary N) is 1. The summed E-state index contributed by atoms with van der Waals surface area (Å²) in [5.41, 5.74) is 9.66. The Labute approximate surface area is 170 Å². The predicted octanol–water partition coefficient (Wildman–Crippen LogP) is 3.74. The van der Waals surface area contributed by atoms with E-state index in [2.05, 4.69) is 24.0 Å². The van der Waals surface area contributed by atoms with Crippen LogP contribution in [0.25, 0.3) is 5.69 Å². The fourth-order valence-corrected chi connectivity index (χ4v) is 3.35. The molecule has 29 heavy (non-hydrogen) atoms. The lowest BCUT2D eigenvalue weighted by atomic mass is 10.1. The van der Waals surface area contributed by atoms with Crippen molar-refractivity contribution < 1.29 is 9.53 Å². The third-order valence-electron chi connectivity index (χ3n) is 4.88. The summed E-state index contributed by atoms with van der Waals surface area (Å²) < 4.78 is 6.56. The maximum Gasteiger partial charge on any atom is 0.357 e. The Balaban J connectivity index is 2.00.